The van der Waals surface area contributed by atoms with Gasteiger partial charge in [-0.3, -0.25) is 9.11 Å². The predicted molar refractivity (Wildman–Crippen MR) is 25.3 cm³/mol. The van der Waals surface area contributed by atoms with Crippen molar-refractivity contribution in [3.63, 3.8) is 0 Å². The van der Waals surface area contributed by atoms with Crippen LogP contribution in [-0.2, 0) is 30.8 Å². The minimum Gasteiger partial charge on any atom is -0.264 e. The summed E-state index contributed by atoms with van der Waals surface area (Å²) >= 11 is 0. The Balaban J connectivity index is -0.0000000800. The van der Waals surface area contributed by atoms with Gasteiger partial charge in [0.05, 0.1) is 0 Å². The molecule has 0 saturated carbocycles. The van der Waals surface area contributed by atoms with Crippen molar-refractivity contribution in [1.29, 1.82) is 0 Å². The Morgan fingerprint density at radius 1 is 1.14 bits per heavy atom. The van der Waals surface area contributed by atoms with Crippen LogP contribution in [0.3, 0.4) is 0 Å². The van der Waals surface area contributed by atoms with Gasteiger partial charge in [-0.2, -0.15) is 18.3 Å². The summed E-state index contributed by atoms with van der Waals surface area (Å²) < 4.78 is 31.6. The van der Waals surface area contributed by atoms with Gasteiger partial charge in [-0.25, -0.2) is 0 Å². The quantitative estimate of drug-likeness (QED) is 0.336. The molecule has 2 N–H and O–H groups in total. The van der Waals surface area contributed by atoms with Crippen LogP contribution in [0.1, 0.15) is 0 Å². The Morgan fingerprint density at radius 3 is 1.14 bits per heavy atom. The van der Waals surface area contributed by atoms with Crippen LogP contribution in [0, 0.1) is 0 Å². The van der Waals surface area contributed by atoms with Crippen molar-refractivity contribution >= 4 is 20.3 Å². The van der Waals surface area contributed by atoms with Crippen LogP contribution in [0.2, 0.25) is 0 Å². The maximum Gasteiger partial charge on any atom is 0.394 e. The molecule has 0 aromatic rings. The van der Waals surface area contributed by atoms with Crippen LogP contribution >= 0.6 is 9.90 Å². The molecule has 0 aliphatic carbocycles. The summed E-state index contributed by atoms with van der Waals surface area (Å²) in [5, 5.41) is 0. The average Bonchev–Trinajstić information content (AvgIpc) is 0.722. The van der Waals surface area contributed by atoms with Crippen molar-refractivity contribution < 1.29 is 37.9 Å². The minimum atomic E-state index is -4.67. The second-order valence-electron chi connectivity index (χ2n) is 0.448. The third kappa shape index (κ3) is 185. The first-order valence-corrected chi connectivity index (χ1v) is 2.10. The second-order valence-corrected chi connectivity index (χ2v) is 1.34. The van der Waals surface area contributed by atoms with Gasteiger partial charge in [-0.1, -0.05) is 0 Å². The topological polar surface area (TPSA) is 74.6 Å². The fourth-order valence-electron chi connectivity index (χ4n) is 0. The first kappa shape index (κ1) is 15.7. The number of hydrogen-bond acceptors (Lipinski definition) is 2. The summed E-state index contributed by atoms with van der Waals surface area (Å²) in [5.41, 5.74) is 0. The second kappa shape index (κ2) is 5.11. The summed E-state index contributed by atoms with van der Waals surface area (Å²) in [5.74, 6) is 0. The van der Waals surface area contributed by atoms with Gasteiger partial charge in [0.15, 0.2) is 0 Å². The van der Waals surface area contributed by atoms with Crippen molar-refractivity contribution in [2.24, 2.45) is 0 Å². The Kier molecular flexibility index (Phi) is 11.4. The van der Waals surface area contributed by atoms with Crippen LogP contribution in [0.4, 0.5) is 0 Å². The summed E-state index contributed by atoms with van der Waals surface area (Å²) in [7, 11) is -4.67. The van der Waals surface area contributed by atoms with Crippen molar-refractivity contribution in [2.45, 2.75) is 0 Å². The van der Waals surface area contributed by atoms with Crippen LogP contribution in [0.5, 0.6) is 0 Å². The van der Waals surface area contributed by atoms with E-state index >= 15 is 0 Å². The van der Waals surface area contributed by atoms with E-state index in [1.807, 2.05) is 0 Å². The van der Waals surface area contributed by atoms with E-state index in [0.29, 0.717) is 0 Å². The van der Waals surface area contributed by atoms with E-state index in [2.05, 4.69) is 0 Å². The van der Waals surface area contributed by atoms with Crippen molar-refractivity contribution in [3.05, 3.63) is 0 Å². The molecule has 1 unspecified atom stereocenters. The molecule has 0 aliphatic heterocycles. The molecular formula is H5O4PPdS. The zero-order valence-electron chi connectivity index (χ0n) is 3.14. The third-order valence-electron chi connectivity index (χ3n) is 0. The molecule has 50 valence electrons. The molecule has 0 spiro atoms. The largest absolute Gasteiger partial charge is 0.394 e. The Hall–Kier alpha value is 0.962. The number of hydrogen-bond donors (Lipinski definition) is 2. The van der Waals surface area contributed by atoms with Crippen molar-refractivity contribution in [1.82, 2.24) is 0 Å². The minimum absolute atomic E-state index is 0. The fourth-order valence-corrected chi connectivity index (χ4v) is 0. The fraction of sp³-hybridized carbons (Fsp3) is 0. The molecule has 0 rings (SSSR count). The molecule has 0 amide bonds. The van der Waals surface area contributed by atoms with Gasteiger partial charge >= 0.3 is 10.4 Å². The third-order valence-corrected chi connectivity index (χ3v) is 0. The monoisotopic (exact) mass is 238 g/mol. The molecule has 0 saturated heterocycles. The molecule has 0 radical (unpaired) electrons. The Morgan fingerprint density at radius 2 is 1.14 bits per heavy atom. The van der Waals surface area contributed by atoms with E-state index in [1.165, 1.54) is 0 Å². The molecule has 0 fully saturated rings. The van der Waals surface area contributed by atoms with Gasteiger partial charge in [0, 0.05) is 20.4 Å². The molecule has 0 bridgehead atoms. The number of rotatable bonds is 0. The molecule has 7 heavy (non-hydrogen) atoms. The molecule has 7 heteroatoms. The summed E-state index contributed by atoms with van der Waals surface area (Å²) in [6.45, 7) is 0. The van der Waals surface area contributed by atoms with Crippen LogP contribution in [0.15, 0.2) is 0 Å². The van der Waals surface area contributed by atoms with E-state index in [-0.39, 0.29) is 30.3 Å². The van der Waals surface area contributed by atoms with Crippen LogP contribution < -0.4 is 0 Å². The maximum atomic E-state index is 8.74. The average molecular weight is 238 g/mol. The van der Waals surface area contributed by atoms with E-state index in [9.17, 15) is 0 Å². The van der Waals surface area contributed by atoms with E-state index in [1.54, 1.807) is 0 Å². The van der Waals surface area contributed by atoms with Crippen molar-refractivity contribution in [2.75, 3.05) is 0 Å². The molecule has 0 aromatic heterocycles. The Bertz CT molecular complexity index is 94.9. The van der Waals surface area contributed by atoms with E-state index in [4.69, 9.17) is 17.5 Å². The van der Waals surface area contributed by atoms with Gasteiger partial charge in [0.1, 0.15) is 0 Å². The predicted octanol–water partition coefficient (Wildman–Crippen LogP) is -0.597. The standard InChI is InChI=1S/H2O4S.H3P.Pd/c1-5(2,3)4;;/h(H2,1,2,3,4);1H3;. The molecule has 0 aliphatic rings. The van der Waals surface area contributed by atoms with E-state index in [0.717, 1.165) is 0 Å². The van der Waals surface area contributed by atoms with E-state index < -0.39 is 10.4 Å². The molecular weight excluding hydrogens is 233 g/mol. The summed E-state index contributed by atoms with van der Waals surface area (Å²) in [6.07, 6.45) is 0. The molecule has 1 atom stereocenters. The first-order valence-electron chi connectivity index (χ1n) is 0.698. The van der Waals surface area contributed by atoms with Gasteiger partial charge in [-0.15, -0.1) is 0 Å². The molecule has 0 heterocycles. The normalized spacial score (nSPS) is 8.29. The van der Waals surface area contributed by atoms with Crippen LogP contribution in [-0.4, -0.2) is 17.5 Å². The van der Waals surface area contributed by atoms with Gasteiger partial charge in [0.25, 0.3) is 0 Å². The zero-order chi connectivity index (χ0) is 4.50. The first-order chi connectivity index (χ1) is 2.00. The Labute approximate surface area is 58.5 Å². The smallest absolute Gasteiger partial charge is 0.264 e. The molecule has 0 aromatic carbocycles. The summed E-state index contributed by atoms with van der Waals surface area (Å²) in [4.78, 5) is 0. The van der Waals surface area contributed by atoms with Gasteiger partial charge in [0.2, 0.25) is 0 Å². The maximum absolute atomic E-state index is 8.74. The van der Waals surface area contributed by atoms with Crippen molar-refractivity contribution in [3.8, 4) is 0 Å². The van der Waals surface area contributed by atoms with Gasteiger partial charge < -0.3 is 0 Å². The van der Waals surface area contributed by atoms with Gasteiger partial charge in [-0.05, 0) is 0 Å². The van der Waals surface area contributed by atoms with Crippen LogP contribution in [0.25, 0.3) is 0 Å². The summed E-state index contributed by atoms with van der Waals surface area (Å²) in [6, 6.07) is 0. The SMILES string of the molecule is O=S(=O)(O)O.P.[Pd]. The zero-order valence-corrected chi connectivity index (χ0v) is 6.93. The molecule has 4 nitrogen and oxygen atoms in total.